The number of aromatic hydroxyl groups is 1. The molecule has 1 aliphatic carbocycles. The lowest BCUT2D eigenvalue weighted by molar-refractivity contribution is -0.155. The molecular formula is C23H20N2O6. The zero-order valence-electron chi connectivity index (χ0n) is 16.5. The van der Waals surface area contributed by atoms with Crippen molar-refractivity contribution in [3.05, 3.63) is 93.4 Å². The van der Waals surface area contributed by atoms with Crippen molar-refractivity contribution in [2.75, 3.05) is 0 Å². The van der Waals surface area contributed by atoms with Gasteiger partial charge in [-0.05, 0) is 24.0 Å². The van der Waals surface area contributed by atoms with E-state index in [1.807, 2.05) is 18.2 Å². The van der Waals surface area contributed by atoms with Crippen LogP contribution in [0.3, 0.4) is 0 Å². The number of fused-ring (bicyclic) bond motifs is 1. The lowest BCUT2D eigenvalue weighted by Gasteiger charge is -2.25. The van der Waals surface area contributed by atoms with Crippen LogP contribution in [-0.2, 0) is 22.6 Å². The van der Waals surface area contributed by atoms with Gasteiger partial charge in [0.15, 0.2) is 23.3 Å². The Labute approximate surface area is 177 Å². The van der Waals surface area contributed by atoms with Crippen molar-refractivity contribution in [3.63, 3.8) is 0 Å². The largest absolute Gasteiger partial charge is 0.503 e. The van der Waals surface area contributed by atoms with E-state index in [4.69, 9.17) is 4.74 Å². The van der Waals surface area contributed by atoms with Gasteiger partial charge in [0.2, 0.25) is 5.43 Å². The van der Waals surface area contributed by atoms with E-state index in [1.165, 1.54) is 0 Å². The number of carbonyl (C=O) groups is 2. The number of aromatic nitrogens is 2. The van der Waals surface area contributed by atoms with Gasteiger partial charge in [-0.25, -0.2) is 4.79 Å². The van der Waals surface area contributed by atoms with Crippen LogP contribution in [0.5, 0.6) is 5.75 Å². The molecule has 2 aromatic carbocycles. The van der Waals surface area contributed by atoms with Crippen LogP contribution in [0.15, 0.2) is 65.6 Å². The summed E-state index contributed by atoms with van der Waals surface area (Å²) < 4.78 is 6.20. The number of carbonyl (C=O) groups excluding carboxylic acids is 2. The Morgan fingerprint density at radius 2 is 1.84 bits per heavy atom. The van der Waals surface area contributed by atoms with Crippen LogP contribution < -0.4 is 5.43 Å². The van der Waals surface area contributed by atoms with E-state index in [0.29, 0.717) is 24.0 Å². The highest BCUT2D eigenvalue weighted by Gasteiger charge is 2.32. The van der Waals surface area contributed by atoms with Crippen molar-refractivity contribution in [3.8, 4) is 5.75 Å². The third-order valence-electron chi connectivity index (χ3n) is 5.24. The molecule has 1 heterocycles. The minimum absolute atomic E-state index is 0.0956. The Hall–Kier alpha value is -3.78. The van der Waals surface area contributed by atoms with E-state index in [1.54, 1.807) is 36.4 Å². The van der Waals surface area contributed by atoms with Crippen molar-refractivity contribution < 1.29 is 24.5 Å². The summed E-state index contributed by atoms with van der Waals surface area (Å²) in [6.07, 6.45) is 0.0577. The number of aryl methyl sites for hydroxylation is 1. The molecule has 1 aliphatic rings. The number of esters is 1. The molecule has 3 aromatic rings. The van der Waals surface area contributed by atoms with Crippen LogP contribution in [-0.4, -0.2) is 31.7 Å². The monoisotopic (exact) mass is 420 g/mol. The number of benzene rings is 2. The molecule has 2 unspecified atom stereocenters. The summed E-state index contributed by atoms with van der Waals surface area (Å²) in [4.78, 5) is 37.5. The fourth-order valence-electron chi connectivity index (χ4n) is 3.61. The Morgan fingerprint density at radius 3 is 2.61 bits per heavy atom. The normalized spacial score (nSPS) is 16.4. The predicted molar refractivity (Wildman–Crippen MR) is 109 cm³/mol. The van der Waals surface area contributed by atoms with Gasteiger partial charge in [0.05, 0.1) is 6.20 Å². The summed E-state index contributed by atoms with van der Waals surface area (Å²) in [5.41, 5.74) is 0.575. The van der Waals surface area contributed by atoms with Gasteiger partial charge >= 0.3 is 5.97 Å². The average molecular weight is 420 g/mol. The number of aliphatic hydroxyl groups is 1. The van der Waals surface area contributed by atoms with Gasteiger partial charge in [-0.3, -0.25) is 14.3 Å². The predicted octanol–water partition coefficient (Wildman–Crippen LogP) is 2.10. The van der Waals surface area contributed by atoms with Crippen molar-refractivity contribution in [1.82, 2.24) is 9.78 Å². The van der Waals surface area contributed by atoms with E-state index in [0.717, 1.165) is 16.4 Å². The van der Waals surface area contributed by atoms with Gasteiger partial charge < -0.3 is 14.9 Å². The van der Waals surface area contributed by atoms with E-state index in [2.05, 4.69) is 5.10 Å². The van der Waals surface area contributed by atoms with Gasteiger partial charge in [0.1, 0.15) is 12.6 Å². The maximum absolute atomic E-state index is 12.9. The molecule has 0 saturated heterocycles. The van der Waals surface area contributed by atoms with E-state index >= 15 is 0 Å². The van der Waals surface area contributed by atoms with Crippen molar-refractivity contribution in [1.29, 1.82) is 0 Å². The topological polar surface area (TPSA) is 119 Å². The first-order valence-electron chi connectivity index (χ1n) is 9.79. The standard InChI is InChI=1S/C23H20N2O6/c26-18-12-25(17-11-10-15-8-4-5-9-16(15)20(17)27)24-19(21(18)28)22(29)23(30)31-13-14-6-2-1-3-7-14/h1-9,12,17,22,26,29H,10-11,13H2. The Bertz CT molecular complexity index is 1190. The number of aliphatic hydroxyl groups excluding tert-OH is 1. The summed E-state index contributed by atoms with van der Waals surface area (Å²) in [6, 6.07) is 15.3. The van der Waals surface area contributed by atoms with Crippen LogP contribution in [0.25, 0.3) is 0 Å². The molecule has 0 spiro atoms. The minimum atomic E-state index is -2.00. The van der Waals surface area contributed by atoms with Gasteiger partial charge in [-0.1, -0.05) is 54.6 Å². The highest BCUT2D eigenvalue weighted by molar-refractivity contribution is 6.01. The van der Waals surface area contributed by atoms with Gasteiger partial charge in [-0.2, -0.15) is 5.10 Å². The quantitative estimate of drug-likeness (QED) is 0.607. The third-order valence-corrected chi connectivity index (χ3v) is 5.24. The van der Waals surface area contributed by atoms with E-state index in [9.17, 15) is 24.6 Å². The second-order valence-corrected chi connectivity index (χ2v) is 7.28. The van der Waals surface area contributed by atoms with Gasteiger partial charge in [-0.15, -0.1) is 0 Å². The third kappa shape index (κ3) is 4.10. The SMILES string of the molecule is O=C(OCc1ccccc1)C(O)c1nn(C2CCc3ccccc3C2=O)cc(O)c1=O. The number of nitrogens with zero attached hydrogens (tertiary/aromatic N) is 2. The maximum atomic E-state index is 12.9. The van der Waals surface area contributed by atoms with Crippen molar-refractivity contribution >= 4 is 11.8 Å². The first-order chi connectivity index (χ1) is 15.0. The smallest absolute Gasteiger partial charge is 0.341 e. The van der Waals surface area contributed by atoms with Crippen LogP contribution in [0.1, 0.15) is 45.7 Å². The Kier molecular flexibility index (Phi) is 5.64. The lowest BCUT2D eigenvalue weighted by Crippen LogP contribution is -2.31. The number of ether oxygens (including phenoxy) is 1. The molecular weight excluding hydrogens is 400 g/mol. The molecule has 0 saturated carbocycles. The van der Waals surface area contributed by atoms with Crippen molar-refractivity contribution in [2.24, 2.45) is 0 Å². The fraction of sp³-hybridized carbons (Fsp3) is 0.217. The number of rotatable bonds is 5. The van der Waals surface area contributed by atoms with E-state index in [-0.39, 0.29) is 12.4 Å². The molecule has 0 amide bonds. The van der Waals surface area contributed by atoms with Crippen LogP contribution in [0.4, 0.5) is 0 Å². The molecule has 4 rings (SSSR count). The zero-order chi connectivity index (χ0) is 22.0. The number of hydrogen-bond acceptors (Lipinski definition) is 7. The maximum Gasteiger partial charge on any atom is 0.341 e. The summed E-state index contributed by atoms with van der Waals surface area (Å²) in [5, 5.41) is 24.5. The molecule has 158 valence electrons. The second-order valence-electron chi connectivity index (χ2n) is 7.28. The first kappa shape index (κ1) is 20.5. The molecule has 8 heteroatoms. The molecule has 0 fully saturated rings. The molecule has 31 heavy (non-hydrogen) atoms. The van der Waals surface area contributed by atoms with Crippen LogP contribution >= 0.6 is 0 Å². The fourth-order valence-corrected chi connectivity index (χ4v) is 3.61. The highest BCUT2D eigenvalue weighted by atomic mass is 16.5. The molecule has 2 N–H and O–H groups in total. The molecule has 0 radical (unpaired) electrons. The molecule has 0 bridgehead atoms. The Balaban J connectivity index is 1.59. The second kappa shape index (κ2) is 8.53. The molecule has 0 aliphatic heterocycles. The number of hydrogen-bond donors (Lipinski definition) is 2. The van der Waals surface area contributed by atoms with E-state index < -0.39 is 35.0 Å². The summed E-state index contributed by atoms with van der Waals surface area (Å²) in [7, 11) is 0. The van der Waals surface area contributed by atoms with Crippen LogP contribution in [0.2, 0.25) is 0 Å². The number of ketones is 1. The van der Waals surface area contributed by atoms with Gasteiger partial charge in [0, 0.05) is 5.56 Å². The summed E-state index contributed by atoms with van der Waals surface area (Å²) in [6.45, 7) is -0.0956. The highest BCUT2D eigenvalue weighted by Crippen LogP contribution is 2.29. The zero-order valence-corrected chi connectivity index (χ0v) is 16.5. The lowest BCUT2D eigenvalue weighted by atomic mass is 9.87. The number of Topliss-reactive ketones (excluding diaryl/α,β-unsaturated/α-hetero) is 1. The van der Waals surface area contributed by atoms with Gasteiger partial charge in [0.25, 0.3) is 0 Å². The van der Waals surface area contributed by atoms with Crippen LogP contribution in [0, 0.1) is 0 Å². The summed E-state index contributed by atoms with van der Waals surface area (Å²) in [5.74, 6) is -2.01. The Morgan fingerprint density at radius 1 is 1.13 bits per heavy atom. The molecule has 2 atom stereocenters. The first-order valence-corrected chi connectivity index (χ1v) is 9.79. The van der Waals surface area contributed by atoms with Crippen molar-refractivity contribution in [2.45, 2.75) is 31.6 Å². The molecule has 1 aromatic heterocycles. The average Bonchev–Trinajstić information content (AvgIpc) is 2.80. The molecule has 8 nitrogen and oxygen atoms in total. The summed E-state index contributed by atoms with van der Waals surface area (Å²) >= 11 is 0. The minimum Gasteiger partial charge on any atom is -0.503 e.